The maximum Gasteiger partial charge on any atom is 0.277 e. The third kappa shape index (κ3) is 2.63. The summed E-state index contributed by atoms with van der Waals surface area (Å²) in [6.07, 6.45) is 4.82. The van der Waals surface area contributed by atoms with E-state index in [1.54, 1.807) is 30.6 Å². The fraction of sp³-hybridized carbons (Fsp3) is 0. The highest BCUT2D eigenvalue weighted by Gasteiger charge is 2.12. The number of nitrogens with zero attached hydrogens (tertiary/aromatic N) is 4. The Bertz CT molecular complexity index is 786. The molecule has 0 radical (unpaired) electrons. The van der Waals surface area contributed by atoms with E-state index in [0.717, 1.165) is 4.47 Å². The molecule has 3 aromatic heterocycles. The number of anilines is 1. The third-order valence-corrected chi connectivity index (χ3v) is 3.12. The first-order chi connectivity index (χ1) is 9.61. The Morgan fingerprint density at radius 3 is 2.90 bits per heavy atom. The summed E-state index contributed by atoms with van der Waals surface area (Å²) < 4.78 is 2.30. The van der Waals surface area contributed by atoms with Gasteiger partial charge in [-0.2, -0.15) is 5.10 Å². The molecule has 0 unspecified atom stereocenters. The number of amides is 1. The van der Waals surface area contributed by atoms with Crippen molar-refractivity contribution in [2.45, 2.75) is 0 Å². The Labute approximate surface area is 126 Å². The number of aromatic nitrogens is 4. The van der Waals surface area contributed by atoms with E-state index >= 15 is 0 Å². The number of hydrogen-bond donors (Lipinski definition) is 1. The van der Waals surface area contributed by atoms with Gasteiger partial charge in [0.25, 0.3) is 5.91 Å². The number of nitrogens with one attached hydrogen (secondary N) is 1. The third-order valence-electron chi connectivity index (χ3n) is 2.48. The zero-order chi connectivity index (χ0) is 14.1. The Balaban J connectivity index is 1.86. The van der Waals surface area contributed by atoms with Crippen LogP contribution >= 0.6 is 27.5 Å². The normalized spacial score (nSPS) is 10.7. The molecule has 0 atom stereocenters. The highest BCUT2D eigenvalue weighted by atomic mass is 79.9. The molecule has 0 saturated heterocycles. The predicted molar refractivity (Wildman–Crippen MR) is 77.9 cm³/mol. The lowest BCUT2D eigenvalue weighted by Gasteiger charge is -2.01. The van der Waals surface area contributed by atoms with Crippen molar-refractivity contribution in [3.8, 4) is 0 Å². The molecule has 6 nitrogen and oxygen atoms in total. The minimum Gasteiger partial charge on any atom is -0.305 e. The van der Waals surface area contributed by atoms with Crippen LogP contribution in [0.5, 0.6) is 0 Å². The number of pyridine rings is 1. The number of rotatable bonds is 2. The van der Waals surface area contributed by atoms with Gasteiger partial charge in [0, 0.05) is 24.7 Å². The summed E-state index contributed by atoms with van der Waals surface area (Å²) in [7, 11) is 0. The lowest BCUT2D eigenvalue weighted by Crippen LogP contribution is -2.13. The van der Waals surface area contributed by atoms with Gasteiger partial charge in [0.15, 0.2) is 11.3 Å². The SMILES string of the molecule is O=C(Nc1ccc(Cl)cn1)c1cc2ncc(Br)cn2n1. The summed E-state index contributed by atoms with van der Waals surface area (Å²) >= 11 is 9.02. The molecule has 0 fully saturated rings. The maximum atomic E-state index is 12.1. The van der Waals surface area contributed by atoms with Crippen LogP contribution < -0.4 is 5.32 Å². The van der Waals surface area contributed by atoms with Crippen molar-refractivity contribution >= 4 is 44.9 Å². The van der Waals surface area contributed by atoms with E-state index in [9.17, 15) is 4.79 Å². The fourth-order valence-corrected chi connectivity index (χ4v) is 2.00. The van der Waals surface area contributed by atoms with Crippen molar-refractivity contribution in [2.75, 3.05) is 5.32 Å². The van der Waals surface area contributed by atoms with E-state index in [4.69, 9.17) is 11.6 Å². The Hall–Kier alpha value is -1.99. The van der Waals surface area contributed by atoms with Crippen LogP contribution in [0.4, 0.5) is 5.82 Å². The van der Waals surface area contributed by atoms with Crippen LogP contribution in [0.25, 0.3) is 5.65 Å². The number of carbonyl (C=O) groups is 1. The molecule has 0 aromatic carbocycles. The van der Waals surface area contributed by atoms with Gasteiger partial charge in [-0.1, -0.05) is 11.6 Å². The van der Waals surface area contributed by atoms with Crippen LogP contribution in [-0.2, 0) is 0 Å². The molecule has 0 spiro atoms. The molecule has 0 aliphatic carbocycles. The highest BCUT2D eigenvalue weighted by molar-refractivity contribution is 9.10. The van der Waals surface area contributed by atoms with Crippen molar-refractivity contribution < 1.29 is 4.79 Å². The smallest absolute Gasteiger partial charge is 0.277 e. The summed E-state index contributed by atoms with van der Waals surface area (Å²) in [4.78, 5) is 20.2. The van der Waals surface area contributed by atoms with Crippen LogP contribution in [0.3, 0.4) is 0 Å². The molecule has 0 saturated carbocycles. The van der Waals surface area contributed by atoms with Crippen LogP contribution in [0.15, 0.2) is 41.3 Å². The van der Waals surface area contributed by atoms with Crippen LogP contribution in [0.2, 0.25) is 5.02 Å². The lowest BCUT2D eigenvalue weighted by molar-refractivity contribution is 0.102. The predicted octanol–water partition coefficient (Wildman–Crippen LogP) is 2.79. The van der Waals surface area contributed by atoms with Gasteiger partial charge in [-0.3, -0.25) is 4.79 Å². The Morgan fingerprint density at radius 2 is 2.15 bits per heavy atom. The first-order valence-electron chi connectivity index (χ1n) is 5.56. The molecule has 3 rings (SSSR count). The summed E-state index contributed by atoms with van der Waals surface area (Å²) in [5.41, 5.74) is 0.842. The zero-order valence-corrected chi connectivity index (χ0v) is 12.3. The van der Waals surface area contributed by atoms with Crippen LogP contribution in [-0.4, -0.2) is 25.5 Å². The second-order valence-electron chi connectivity index (χ2n) is 3.92. The standard InChI is InChI=1S/C12H7BrClN5O/c13-7-4-16-11-3-9(18-19(11)6-7)12(20)17-10-2-1-8(14)5-15-10/h1-6H,(H,15,17,20). The average molecular weight is 353 g/mol. The molecule has 3 aromatic rings. The summed E-state index contributed by atoms with van der Waals surface area (Å²) in [6.45, 7) is 0. The van der Waals surface area contributed by atoms with E-state index in [-0.39, 0.29) is 11.6 Å². The Morgan fingerprint density at radius 1 is 1.30 bits per heavy atom. The minimum absolute atomic E-state index is 0.257. The molecule has 0 aliphatic heterocycles. The van der Waals surface area contributed by atoms with Gasteiger partial charge in [-0.25, -0.2) is 14.5 Å². The van der Waals surface area contributed by atoms with Crippen LogP contribution in [0, 0.1) is 0 Å². The van der Waals surface area contributed by atoms with Crippen molar-refractivity contribution in [1.29, 1.82) is 0 Å². The summed E-state index contributed by atoms with van der Waals surface area (Å²) in [6, 6.07) is 4.86. The largest absolute Gasteiger partial charge is 0.305 e. The molecular formula is C12H7BrClN5O. The van der Waals surface area contributed by atoms with Gasteiger partial charge < -0.3 is 5.32 Å². The van der Waals surface area contributed by atoms with E-state index < -0.39 is 0 Å². The summed E-state index contributed by atoms with van der Waals surface area (Å²) in [5, 5.41) is 7.29. The molecule has 0 aliphatic rings. The topological polar surface area (TPSA) is 72.2 Å². The van der Waals surface area contributed by atoms with Gasteiger partial charge in [-0.15, -0.1) is 0 Å². The van der Waals surface area contributed by atoms with E-state index in [1.165, 1.54) is 10.7 Å². The van der Waals surface area contributed by atoms with Crippen molar-refractivity contribution in [2.24, 2.45) is 0 Å². The molecule has 0 bridgehead atoms. The maximum absolute atomic E-state index is 12.1. The number of hydrogen-bond acceptors (Lipinski definition) is 4. The molecule has 20 heavy (non-hydrogen) atoms. The van der Waals surface area contributed by atoms with Gasteiger partial charge in [0.1, 0.15) is 5.82 Å². The molecular weight excluding hydrogens is 346 g/mol. The van der Waals surface area contributed by atoms with Crippen molar-refractivity contribution in [3.05, 3.63) is 52.0 Å². The lowest BCUT2D eigenvalue weighted by atomic mass is 10.4. The molecule has 1 amide bonds. The number of halogens is 2. The number of carbonyl (C=O) groups excluding carboxylic acids is 1. The zero-order valence-electron chi connectivity index (χ0n) is 9.92. The van der Waals surface area contributed by atoms with Crippen LogP contribution in [0.1, 0.15) is 10.5 Å². The molecule has 8 heteroatoms. The minimum atomic E-state index is -0.360. The average Bonchev–Trinajstić information content (AvgIpc) is 2.84. The van der Waals surface area contributed by atoms with Gasteiger partial charge in [0.2, 0.25) is 0 Å². The van der Waals surface area contributed by atoms with Gasteiger partial charge in [0.05, 0.1) is 9.50 Å². The van der Waals surface area contributed by atoms with Crippen molar-refractivity contribution in [1.82, 2.24) is 19.6 Å². The van der Waals surface area contributed by atoms with E-state index in [0.29, 0.717) is 16.5 Å². The van der Waals surface area contributed by atoms with E-state index in [2.05, 4.69) is 36.3 Å². The monoisotopic (exact) mass is 351 g/mol. The molecule has 1 N–H and O–H groups in total. The quantitative estimate of drug-likeness (QED) is 0.770. The second kappa shape index (κ2) is 5.18. The number of fused-ring (bicyclic) bond motifs is 1. The highest BCUT2D eigenvalue weighted by Crippen LogP contribution is 2.13. The van der Waals surface area contributed by atoms with Crippen molar-refractivity contribution in [3.63, 3.8) is 0 Å². The fourth-order valence-electron chi connectivity index (χ4n) is 1.60. The molecule has 3 heterocycles. The summed E-state index contributed by atoms with van der Waals surface area (Å²) in [5.74, 6) is 0.0482. The van der Waals surface area contributed by atoms with Gasteiger partial charge >= 0.3 is 0 Å². The molecule has 100 valence electrons. The first kappa shape index (κ1) is 13.0. The Kier molecular flexibility index (Phi) is 3.37. The first-order valence-corrected chi connectivity index (χ1v) is 6.73. The van der Waals surface area contributed by atoms with Gasteiger partial charge in [-0.05, 0) is 28.1 Å². The second-order valence-corrected chi connectivity index (χ2v) is 5.27. The van der Waals surface area contributed by atoms with E-state index in [1.807, 2.05) is 0 Å².